The van der Waals surface area contributed by atoms with Crippen molar-refractivity contribution in [1.82, 2.24) is 14.8 Å². The molecule has 2 N–H and O–H groups in total. The average molecular weight is 259 g/mol. The molecule has 8 heteroatoms. The summed E-state index contributed by atoms with van der Waals surface area (Å²) in [5, 5.41) is 10.7. The number of carboxylic acids is 1. The summed E-state index contributed by atoms with van der Waals surface area (Å²) in [5.41, 5.74) is -1.74. The predicted molar refractivity (Wildman–Crippen MR) is 62.2 cm³/mol. The minimum Gasteiger partial charge on any atom is -0.480 e. The van der Waals surface area contributed by atoms with E-state index in [2.05, 4.69) is 10.1 Å². The van der Waals surface area contributed by atoms with Gasteiger partial charge in [0.05, 0.1) is 0 Å². The van der Waals surface area contributed by atoms with Crippen molar-refractivity contribution in [2.45, 2.75) is 24.3 Å². The first-order valence-electron chi connectivity index (χ1n) is 4.89. The molecule has 1 atom stereocenters. The van der Waals surface area contributed by atoms with Crippen molar-refractivity contribution in [3.63, 3.8) is 0 Å². The lowest BCUT2D eigenvalue weighted by molar-refractivity contribution is -0.137. The fourth-order valence-corrected chi connectivity index (χ4v) is 2.09. The maximum Gasteiger partial charge on any atom is 0.339 e. The zero-order valence-corrected chi connectivity index (χ0v) is 10.4. The molecule has 1 aromatic rings. The summed E-state index contributed by atoms with van der Waals surface area (Å²) in [6, 6.07) is 0. The van der Waals surface area contributed by atoms with E-state index in [0.29, 0.717) is 0 Å². The van der Waals surface area contributed by atoms with Gasteiger partial charge < -0.3 is 5.11 Å². The predicted octanol–water partition coefficient (Wildman–Crippen LogP) is -0.330. The molecular formula is C9H13N3O4S. The molecule has 1 rings (SSSR count). The first kappa shape index (κ1) is 13.5. The van der Waals surface area contributed by atoms with Crippen LogP contribution in [0.3, 0.4) is 0 Å². The van der Waals surface area contributed by atoms with Crippen LogP contribution in [0.1, 0.15) is 13.8 Å². The van der Waals surface area contributed by atoms with Crippen LogP contribution in [0.2, 0.25) is 0 Å². The molecule has 0 fully saturated rings. The smallest absolute Gasteiger partial charge is 0.339 e. The molecule has 0 aliphatic carbocycles. The summed E-state index contributed by atoms with van der Waals surface area (Å²) in [5.74, 6) is -1.10. The number of rotatable bonds is 4. The van der Waals surface area contributed by atoms with Gasteiger partial charge in [0.25, 0.3) is 0 Å². The Kier molecular flexibility index (Phi) is 4.11. The van der Waals surface area contributed by atoms with E-state index in [1.165, 1.54) is 11.7 Å². The van der Waals surface area contributed by atoms with Crippen LogP contribution in [0.25, 0.3) is 0 Å². The van der Waals surface area contributed by atoms with Gasteiger partial charge in [-0.25, -0.2) is 0 Å². The number of thioether (sulfide) groups is 1. The molecule has 0 aromatic carbocycles. The Hall–Kier alpha value is -1.57. The monoisotopic (exact) mass is 259 g/mol. The second-order valence-electron chi connectivity index (χ2n) is 3.82. The Bertz CT molecular complexity index is 534. The number of nitrogens with zero attached hydrogens (tertiary/aromatic N) is 2. The van der Waals surface area contributed by atoms with Crippen molar-refractivity contribution in [2.24, 2.45) is 13.0 Å². The fraction of sp³-hybridized carbons (Fsp3) is 0.556. The number of aliphatic carboxylic acids is 1. The van der Waals surface area contributed by atoms with Crippen molar-refractivity contribution < 1.29 is 9.90 Å². The molecule has 94 valence electrons. The number of hydrogen-bond donors (Lipinski definition) is 2. The first-order valence-corrected chi connectivity index (χ1v) is 5.77. The van der Waals surface area contributed by atoms with Gasteiger partial charge in [-0.2, -0.15) is 4.98 Å². The summed E-state index contributed by atoms with van der Waals surface area (Å²) in [7, 11) is 1.50. The molecule has 0 aliphatic rings. The summed E-state index contributed by atoms with van der Waals surface area (Å²) < 4.78 is 1.24. The molecule has 1 heterocycles. The van der Waals surface area contributed by atoms with Gasteiger partial charge in [-0.1, -0.05) is 25.6 Å². The Labute approximate surface area is 101 Å². The molecular weight excluding hydrogens is 246 g/mol. The van der Waals surface area contributed by atoms with Crippen molar-refractivity contribution in [2.75, 3.05) is 0 Å². The number of H-pyrrole nitrogens is 1. The van der Waals surface area contributed by atoms with Crippen LogP contribution < -0.4 is 11.1 Å². The third-order valence-electron chi connectivity index (χ3n) is 2.03. The van der Waals surface area contributed by atoms with Gasteiger partial charge in [0.2, 0.25) is 0 Å². The van der Waals surface area contributed by atoms with Gasteiger partial charge in [-0.3, -0.25) is 24.2 Å². The molecule has 17 heavy (non-hydrogen) atoms. The van der Waals surface area contributed by atoms with Crippen LogP contribution in [-0.4, -0.2) is 31.1 Å². The van der Waals surface area contributed by atoms with E-state index >= 15 is 0 Å². The minimum atomic E-state index is -0.981. The standard InChI is InChI=1S/C9H13N3O4S/c1-4(2)5(8(15)16)17-9-10-6(13)7(14)11-12(9)3/h4-5H,1-3H3,(H,11,14)(H,15,16). The van der Waals surface area contributed by atoms with Crippen LogP contribution >= 0.6 is 11.8 Å². The number of aromatic amines is 1. The van der Waals surface area contributed by atoms with Gasteiger partial charge in [-0.05, 0) is 5.92 Å². The number of nitrogens with one attached hydrogen (secondary N) is 1. The highest BCUT2D eigenvalue weighted by molar-refractivity contribution is 8.00. The maximum atomic E-state index is 11.1. The largest absolute Gasteiger partial charge is 0.480 e. The molecule has 1 unspecified atom stereocenters. The van der Waals surface area contributed by atoms with E-state index in [4.69, 9.17) is 5.11 Å². The van der Waals surface area contributed by atoms with Gasteiger partial charge >= 0.3 is 17.1 Å². The Morgan fingerprint density at radius 1 is 1.47 bits per heavy atom. The van der Waals surface area contributed by atoms with Gasteiger partial charge in [0.15, 0.2) is 5.16 Å². The third-order valence-corrected chi connectivity index (χ3v) is 3.60. The van der Waals surface area contributed by atoms with Crippen LogP contribution in [-0.2, 0) is 11.8 Å². The Morgan fingerprint density at radius 2 is 2.06 bits per heavy atom. The van der Waals surface area contributed by atoms with Crippen LogP contribution in [0.15, 0.2) is 14.7 Å². The second kappa shape index (κ2) is 5.17. The lowest BCUT2D eigenvalue weighted by Gasteiger charge is -2.15. The Balaban J connectivity index is 3.10. The van der Waals surface area contributed by atoms with Crippen molar-refractivity contribution in [3.05, 3.63) is 20.7 Å². The summed E-state index contributed by atoms with van der Waals surface area (Å²) in [4.78, 5) is 36.6. The van der Waals surface area contributed by atoms with Crippen LogP contribution in [0.4, 0.5) is 0 Å². The zero-order chi connectivity index (χ0) is 13.2. The SMILES string of the molecule is CC(C)C(Sc1nc(=O)c(=O)[nH]n1C)C(=O)O. The normalized spacial score (nSPS) is 12.7. The number of aryl methyl sites for hydroxylation is 1. The van der Waals surface area contributed by atoms with E-state index in [0.717, 1.165) is 11.8 Å². The molecule has 1 aromatic heterocycles. The lowest BCUT2D eigenvalue weighted by Crippen LogP contribution is -2.35. The summed E-state index contributed by atoms with van der Waals surface area (Å²) >= 11 is 0.937. The quantitative estimate of drug-likeness (QED) is 0.566. The number of carbonyl (C=O) groups is 1. The van der Waals surface area contributed by atoms with Crippen molar-refractivity contribution >= 4 is 17.7 Å². The van der Waals surface area contributed by atoms with E-state index in [1.54, 1.807) is 13.8 Å². The first-order chi connectivity index (χ1) is 7.82. The topological polar surface area (TPSA) is 105 Å². The average Bonchev–Trinajstić information content (AvgIpc) is 2.20. The third kappa shape index (κ3) is 3.19. The molecule has 0 saturated carbocycles. The van der Waals surface area contributed by atoms with E-state index in [9.17, 15) is 14.4 Å². The van der Waals surface area contributed by atoms with E-state index in [1.807, 2.05) is 0 Å². The van der Waals surface area contributed by atoms with Gasteiger partial charge in [0.1, 0.15) is 5.25 Å². The van der Waals surface area contributed by atoms with Crippen molar-refractivity contribution in [3.8, 4) is 0 Å². The lowest BCUT2D eigenvalue weighted by atomic mass is 10.1. The Morgan fingerprint density at radius 3 is 2.53 bits per heavy atom. The molecule has 0 radical (unpaired) electrons. The van der Waals surface area contributed by atoms with Gasteiger partial charge in [-0.15, -0.1) is 0 Å². The van der Waals surface area contributed by atoms with Gasteiger partial charge in [0, 0.05) is 7.05 Å². The second-order valence-corrected chi connectivity index (χ2v) is 4.93. The van der Waals surface area contributed by atoms with E-state index in [-0.39, 0.29) is 11.1 Å². The molecule has 0 bridgehead atoms. The van der Waals surface area contributed by atoms with Crippen molar-refractivity contribution in [1.29, 1.82) is 0 Å². The highest BCUT2D eigenvalue weighted by Gasteiger charge is 2.24. The minimum absolute atomic E-state index is 0.124. The highest BCUT2D eigenvalue weighted by Crippen LogP contribution is 2.25. The summed E-state index contributed by atoms with van der Waals surface area (Å²) in [6.07, 6.45) is 0. The van der Waals surface area contributed by atoms with Crippen LogP contribution in [0.5, 0.6) is 0 Å². The molecule has 0 saturated heterocycles. The fourth-order valence-electron chi connectivity index (χ4n) is 1.15. The number of carboxylic acid groups (broad SMARTS) is 1. The van der Waals surface area contributed by atoms with E-state index < -0.39 is 22.3 Å². The molecule has 0 aliphatic heterocycles. The molecule has 0 amide bonds. The zero-order valence-electron chi connectivity index (χ0n) is 9.63. The molecule has 7 nitrogen and oxygen atoms in total. The van der Waals surface area contributed by atoms with Crippen LogP contribution in [0, 0.1) is 5.92 Å². The number of hydrogen-bond acceptors (Lipinski definition) is 5. The molecule has 0 spiro atoms. The maximum absolute atomic E-state index is 11.1. The summed E-state index contributed by atoms with van der Waals surface area (Å²) in [6.45, 7) is 3.52. The highest BCUT2D eigenvalue weighted by atomic mass is 32.2. The number of aromatic nitrogens is 3.